The van der Waals surface area contributed by atoms with Crippen LogP contribution >= 0.6 is 0 Å². The van der Waals surface area contributed by atoms with Crippen molar-refractivity contribution in [3.8, 4) is 11.5 Å². The van der Waals surface area contributed by atoms with E-state index in [9.17, 15) is 0 Å². The fourth-order valence-corrected chi connectivity index (χ4v) is 2.95. The van der Waals surface area contributed by atoms with Gasteiger partial charge in [0.15, 0.2) is 0 Å². The molecule has 1 unspecified atom stereocenters. The van der Waals surface area contributed by atoms with E-state index in [0.29, 0.717) is 13.2 Å². The molecule has 0 N–H and O–H groups in total. The van der Waals surface area contributed by atoms with Crippen molar-refractivity contribution in [1.82, 2.24) is 0 Å². The second kappa shape index (κ2) is 8.68. The molecule has 3 rings (SSSR count). The van der Waals surface area contributed by atoms with Gasteiger partial charge in [0.05, 0.1) is 13.2 Å². The number of rotatable bonds is 8. The average Bonchev–Trinajstić information content (AvgIpc) is 2.69. The molecule has 0 fully saturated rings. The molecule has 0 aliphatic rings. The second-order valence-electron chi connectivity index (χ2n) is 6.84. The van der Waals surface area contributed by atoms with Crippen molar-refractivity contribution in [2.75, 3.05) is 6.61 Å². The molecule has 3 aromatic carbocycles. The molecule has 0 saturated carbocycles. The van der Waals surface area contributed by atoms with E-state index in [1.165, 1.54) is 5.56 Å². The van der Waals surface area contributed by atoms with E-state index >= 15 is 0 Å². The highest BCUT2D eigenvalue weighted by Crippen LogP contribution is 2.28. The van der Waals surface area contributed by atoms with Gasteiger partial charge in [0.25, 0.3) is 0 Å². The Morgan fingerprint density at radius 3 is 2.12 bits per heavy atom. The minimum absolute atomic E-state index is 0.0272. The zero-order valence-corrected chi connectivity index (χ0v) is 15.5. The first-order valence-electron chi connectivity index (χ1n) is 9.15. The number of hydrogen-bond donors (Lipinski definition) is 0. The van der Waals surface area contributed by atoms with Gasteiger partial charge in [0.1, 0.15) is 11.5 Å². The van der Waals surface area contributed by atoms with Gasteiger partial charge in [-0.05, 0) is 41.8 Å². The number of benzene rings is 3. The standard InChI is InChI=1S/C24H26O2/c1-3-24(2,21-12-6-4-7-13-21)19-25-18-20-11-10-16-23(17-20)26-22-14-8-5-9-15-22/h4-17H,3,18-19H2,1-2H3. The zero-order chi connectivity index (χ0) is 18.2. The summed E-state index contributed by atoms with van der Waals surface area (Å²) >= 11 is 0. The lowest BCUT2D eigenvalue weighted by molar-refractivity contribution is 0.0747. The Hall–Kier alpha value is -2.58. The largest absolute Gasteiger partial charge is 0.457 e. The smallest absolute Gasteiger partial charge is 0.127 e. The van der Waals surface area contributed by atoms with Crippen LogP contribution in [0.4, 0.5) is 0 Å². The summed E-state index contributed by atoms with van der Waals surface area (Å²) in [7, 11) is 0. The molecule has 0 aliphatic carbocycles. The van der Waals surface area contributed by atoms with Crippen LogP contribution < -0.4 is 4.74 Å². The average molecular weight is 346 g/mol. The first-order chi connectivity index (χ1) is 12.7. The van der Waals surface area contributed by atoms with E-state index in [2.05, 4.69) is 50.2 Å². The van der Waals surface area contributed by atoms with Crippen LogP contribution in [0.1, 0.15) is 31.4 Å². The van der Waals surface area contributed by atoms with E-state index < -0.39 is 0 Å². The predicted molar refractivity (Wildman–Crippen MR) is 107 cm³/mol. The molecule has 0 bridgehead atoms. The van der Waals surface area contributed by atoms with Gasteiger partial charge >= 0.3 is 0 Å². The molecule has 3 aromatic rings. The van der Waals surface area contributed by atoms with E-state index in [0.717, 1.165) is 23.5 Å². The molecular formula is C24H26O2. The van der Waals surface area contributed by atoms with E-state index in [4.69, 9.17) is 9.47 Å². The minimum atomic E-state index is 0.0272. The summed E-state index contributed by atoms with van der Waals surface area (Å²) in [5.41, 5.74) is 2.47. The third-order valence-corrected chi connectivity index (χ3v) is 4.82. The van der Waals surface area contributed by atoms with Gasteiger partial charge in [-0.15, -0.1) is 0 Å². The van der Waals surface area contributed by atoms with Crippen molar-refractivity contribution in [3.63, 3.8) is 0 Å². The SMILES string of the molecule is CCC(C)(COCc1cccc(Oc2ccccc2)c1)c1ccccc1. The second-order valence-corrected chi connectivity index (χ2v) is 6.84. The van der Waals surface area contributed by atoms with Gasteiger partial charge in [0.2, 0.25) is 0 Å². The summed E-state index contributed by atoms with van der Waals surface area (Å²) in [5.74, 6) is 1.67. The van der Waals surface area contributed by atoms with Gasteiger partial charge < -0.3 is 9.47 Å². The van der Waals surface area contributed by atoms with E-state index in [1.54, 1.807) is 0 Å². The van der Waals surface area contributed by atoms with Crippen LogP contribution in [0, 0.1) is 0 Å². The Bertz CT molecular complexity index is 799. The van der Waals surface area contributed by atoms with Crippen molar-refractivity contribution in [2.24, 2.45) is 0 Å². The third-order valence-electron chi connectivity index (χ3n) is 4.82. The van der Waals surface area contributed by atoms with Crippen molar-refractivity contribution in [3.05, 3.63) is 96.1 Å². The molecule has 1 atom stereocenters. The predicted octanol–water partition coefficient (Wildman–Crippen LogP) is 6.36. The van der Waals surface area contributed by atoms with Gasteiger partial charge in [-0.3, -0.25) is 0 Å². The first kappa shape index (κ1) is 18.2. The molecule has 2 nitrogen and oxygen atoms in total. The highest BCUT2D eigenvalue weighted by atomic mass is 16.5. The summed E-state index contributed by atoms with van der Waals surface area (Å²) < 4.78 is 12.0. The summed E-state index contributed by atoms with van der Waals surface area (Å²) in [4.78, 5) is 0. The molecule has 0 saturated heterocycles. The van der Waals surface area contributed by atoms with Crippen LogP contribution in [-0.4, -0.2) is 6.61 Å². The molecule has 0 amide bonds. The van der Waals surface area contributed by atoms with Crippen LogP contribution in [0.5, 0.6) is 11.5 Å². The Kier molecular flexibility index (Phi) is 6.08. The van der Waals surface area contributed by atoms with Crippen LogP contribution in [-0.2, 0) is 16.8 Å². The first-order valence-corrected chi connectivity index (χ1v) is 9.15. The Labute approximate surface area is 156 Å². The fourth-order valence-electron chi connectivity index (χ4n) is 2.95. The fraction of sp³-hybridized carbons (Fsp3) is 0.250. The Morgan fingerprint density at radius 2 is 1.42 bits per heavy atom. The topological polar surface area (TPSA) is 18.5 Å². The Morgan fingerprint density at radius 1 is 0.769 bits per heavy atom. The van der Waals surface area contributed by atoms with Gasteiger partial charge in [-0.25, -0.2) is 0 Å². The van der Waals surface area contributed by atoms with Crippen LogP contribution in [0.3, 0.4) is 0 Å². The normalized spacial score (nSPS) is 13.2. The molecule has 0 radical (unpaired) electrons. The quantitative estimate of drug-likeness (QED) is 0.472. The van der Waals surface area contributed by atoms with Crippen molar-refractivity contribution in [1.29, 1.82) is 0 Å². The van der Waals surface area contributed by atoms with Gasteiger partial charge in [-0.1, -0.05) is 74.5 Å². The highest BCUT2D eigenvalue weighted by Gasteiger charge is 2.24. The summed E-state index contributed by atoms with van der Waals surface area (Å²) in [6.07, 6.45) is 1.04. The lowest BCUT2D eigenvalue weighted by Crippen LogP contribution is -2.27. The molecule has 26 heavy (non-hydrogen) atoms. The minimum Gasteiger partial charge on any atom is -0.457 e. The van der Waals surface area contributed by atoms with Crippen molar-refractivity contribution < 1.29 is 9.47 Å². The maximum absolute atomic E-state index is 6.08. The zero-order valence-electron chi connectivity index (χ0n) is 15.5. The molecule has 0 heterocycles. The lowest BCUT2D eigenvalue weighted by Gasteiger charge is -2.28. The van der Waals surface area contributed by atoms with Crippen LogP contribution in [0.15, 0.2) is 84.9 Å². The summed E-state index contributed by atoms with van der Waals surface area (Å²) in [6.45, 7) is 5.74. The van der Waals surface area contributed by atoms with Crippen molar-refractivity contribution in [2.45, 2.75) is 32.3 Å². The van der Waals surface area contributed by atoms with Crippen molar-refractivity contribution >= 4 is 0 Å². The van der Waals surface area contributed by atoms with E-state index in [1.807, 2.05) is 48.5 Å². The summed E-state index contributed by atoms with van der Waals surface area (Å²) in [5, 5.41) is 0. The number of hydrogen-bond acceptors (Lipinski definition) is 2. The molecule has 2 heteroatoms. The molecule has 0 spiro atoms. The Balaban J connectivity index is 1.60. The van der Waals surface area contributed by atoms with Crippen LogP contribution in [0.25, 0.3) is 0 Å². The monoisotopic (exact) mass is 346 g/mol. The molecular weight excluding hydrogens is 320 g/mol. The van der Waals surface area contributed by atoms with Gasteiger partial charge in [-0.2, -0.15) is 0 Å². The third kappa shape index (κ3) is 4.74. The molecule has 0 aliphatic heterocycles. The van der Waals surface area contributed by atoms with Crippen LogP contribution in [0.2, 0.25) is 0 Å². The maximum Gasteiger partial charge on any atom is 0.127 e. The number of para-hydroxylation sites is 1. The number of ether oxygens (including phenoxy) is 2. The molecule has 0 aromatic heterocycles. The van der Waals surface area contributed by atoms with Gasteiger partial charge in [0, 0.05) is 5.41 Å². The summed E-state index contributed by atoms with van der Waals surface area (Å²) in [6, 6.07) is 28.5. The lowest BCUT2D eigenvalue weighted by atomic mass is 9.81. The molecule has 134 valence electrons. The van der Waals surface area contributed by atoms with E-state index in [-0.39, 0.29) is 5.41 Å². The maximum atomic E-state index is 6.08. The highest BCUT2D eigenvalue weighted by molar-refractivity contribution is 5.33.